The highest BCUT2D eigenvalue weighted by Gasteiger charge is 2.12. The first-order chi connectivity index (χ1) is 17.1. The van der Waals surface area contributed by atoms with Gasteiger partial charge < -0.3 is 19.8 Å². The summed E-state index contributed by atoms with van der Waals surface area (Å²) in [5.41, 5.74) is 1.24. The number of halogens is 1. The van der Waals surface area contributed by atoms with Gasteiger partial charge in [0.2, 0.25) is 5.91 Å². The monoisotopic (exact) mass is 481 g/mol. The fourth-order valence-electron chi connectivity index (χ4n) is 3.65. The van der Waals surface area contributed by atoms with E-state index in [0.717, 1.165) is 38.4 Å². The van der Waals surface area contributed by atoms with E-state index in [4.69, 9.17) is 9.47 Å². The normalized spacial score (nSPS) is 14.0. The van der Waals surface area contributed by atoms with E-state index in [1.807, 2.05) is 0 Å². The molecule has 4 rings (SSSR count). The molecule has 1 fully saturated rings. The largest absolute Gasteiger partial charge is 0.489 e. The zero-order valence-electron chi connectivity index (χ0n) is 19.3. The van der Waals surface area contributed by atoms with Crippen LogP contribution >= 0.6 is 0 Å². The number of benzene rings is 2. The van der Waals surface area contributed by atoms with Gasteiger partial charge in [-0.15, -0.1) is 10.2 Å². The molecule has 2 N–H and O–H groups in total. The standard InChI is InChI=1S/C25H28FN5O4/c26-20-3-1-2-18(16-20)17-35-21-6-4-19(5-7-21)24-28-25(33)22(29-30-24)8-9-23(32)27-10-11-31-12-14-34-15-13-31/h1-7,16H,8-15,17H2,(H,27,32)(H,28,30,33). The highest BCUT2D eigenvalue weighted by Crippen LogP contribution is 2.19. The average Bonchev–Trinajstić information content (AvgIpc) is 2.88. The molecule has 1 saturated heterocycles. The fraction of sp³-hybridized carbons (Fsp3) is 0.360. The SMILES string of the molecule is O=C(CCc1nnc(-c2ccc(OCc3cccc(F)c3)cc2)[nH]c1=O)NCCN1CCOCC1. The Bertz CT molecular complexity index is 1180. The van der Waals surface area contributed by atoms with E-state index in [1.165, 1.54) is 12.1 Å². The maximum absolute atomic E-state index is 13.3. The van der Waals surface area contributed by atoms with Crippen LogP contribution in [0.5, 0.6) is 5.75 Å². The number of ether oxygens (including phenoxy) is 2. The van der Waals surface area contributed by atoms with Crippen molar-refractivity contribution in [1.29, 1.82) is 0 Å². The van der Waals surface area contributed by atoms with Gasteiger partial charge in [0.05, 0.1) is 13.2 Å². The van der Waals surface area contributed by atoms with Crippen molar-refractivity contribution in [2.75, 3.05) is 39.4 Å². The van der Waals surface area contributed by atoms with Crippen LogP contribution in [0.4, 0.5) is 4.39 Å². The Labute approximate surface area is 202 Å². The van der Waals surface area contributed by atoms with Crippen LogP contribution < -0.4 is 15.6 Å². The smallest absolute Gasteiger partial charge is 0.273 e. The molecule has 0 unspecified atom stereocenters. The predicted molar refractivity (Wildman–Crippen MR) is 127 cm³/mol. The van der Waals surface area contributed by atoms with Crippen molar-refractivity contribution >= 4 is 5.91 Å². The number of hydrogen-bond acceptors (Lipinski definition) is 7. The molecule has 9 nitrogen and oxygen atoms in total. The minimum Gasteiger partial charge on any atom is -0.489 e. The summed E-state index contributed by atoms with van der Waals surface area (Å²) < 4.78 is 24.3. The second kappa shape index (κ2) is 12.2. The fourth-order valence-corrected chi connectivity index (χ4v) is 3.65. The lowest BCUT2D eigenvalue weighted by Crippen LogP contribution is -2.41. The van der Waals surface area contributed by atoms with Gasteiger partial charge in [-0.2, -0.15) is 0 Å². The van der Waals surface area contributed by atoms with Crippen LogP contribution in [-0.2, 0) is 22.6 Å². The van der Waals surface area contributed by atoms with Gasteiger partial charge in [0.1, 0.15) is 23.9 Å². The number of carbonyl (C=O) groups is 1. The summed E-state index contributed by atoms with van der Waals surface area (Å²) >= 11 is 0. The van der Waals surface area contributed by atoms with Crippen LogP contribution in [0, 0.1) is 5.82 Å². The second-order valence-electron chi connectivity index (χ2n) is 8.20. The van der Waals surface area contributed by atoms with Crippen molar-refractivity contribution in [2.45, 2.75) is 19.4 Å². The average molecular weight is 482 g/mol. The van der Waals surface area contributed by atoms with Crippen molar-refractivity contribution in [3.05, 3.63) is 76.0 Å². The van der Waals surface area contributed by atoms with Crippen LogP contribution in [0.1, 0.15) is 17.7 Å². The molecule has 0 aliphatic carbocycles. The number of aryl methyl sites for hydroxylation is 1. The molecular weight excluding hydrogens is 453 g/mol. The maximum atomic E-state index is 13.3. The van der Waals surface area contributed by atoms with Gasteiger partial charge in [-0.1, -0.05) is 12.1 Å². The van der Waals surface area contributed by atoms with Crippen LogP contribution in [0.25, 0.3) is 11.4 Å². The number of rotatable bonds is 10. The molecule has 0 spiro atoms. The summed E-state index contributed by atoms with van der Waals surface area (Å²) in [5.74, 6) is 0.490. The molecule has 1 aliphatic heterocycles. The first kappa shape index (κ1) is 24.5. The Morgan fingerprint density at radius 1 is 1.14 bits per heavy atom. The predicted octanol–water partition coefficient (Wildman–Crippen LogP) is 1.93. The lowest BCUT2D eigenvalue weighted by atomic mass is 10.2. The first-order valence-electron chi connectivity index (χ1n) is 11.6. The molecular formula is C25H28FN5O4. The van der Waals surface area contributed by atoms with Gasteiger partial charge >= 0.3 is 0 Å². The number of aromatic amines is 1. The maximum Gasteiger partial charge on any atom is 0.273 e. The zero-order chi connectivity index (χ0) is 24.5. The van der Waals surface area contributed by atoms with Crippen LogP contribution in [0.15, 0.2) is 53.3 Å². The third kappa shape index (κ3) is 7.43. The van der Waals surface area contributed by atoms with Crippen molar-refractivity contribution in [1.82, 2.24) is 25.4 Å². The van der Waals surface area contributed by atoms with Gasteiger partial charge in [0.25, 0.3) is 5.56 Å². The van der Waals surface area contributed by atoms with Gasteiger partial charge in [-0.05, 0) is 42.0 Å². The van der Waals surface area contributed by atoms with E-state index >= 15 is 0 Å². The third-order valence-electron chi connectivity index (χ3n) is 5.63. The lowest BCUT2D eigenvalue weighted by Gasteiger charge is -2.26. The molecule has 3 aromatic rings. The molecule has 2 heterocycles. The molecule has 0 saturated carbocycles. The van der Waals surface area contributed by atoms with E-state index < -0.39 is 0 Å². The van der Waals surface area contributed by atoms with Crippen molar-refractivity contribution in [3.63, 3.8) is 0 Å². The Hall–Kier alpha value is -3.63. The van der Waals surface area contributed by atoms with Crippen LogP contribution in [0.3, 0.4) is 0 Å². The Kier molecular flexibility index (Phi) is 8.53. The first-order valence-corrected chi connectivity index (χ1v) is 11.6. The van der Waals surface area contributed by atoms with Crippen molar-refractivity contribution < 1.29 is 18.7 Å². The number of H-pyrrole nitrogens is 1. The molecule has 1 amide bonds. The molecule has 1 aromatic heterocycles. The van der Waals surface area contributed by atoms with Crippen LogP contribution in [-0.4, -0.2) is 65.4 Å². The number of carbonyl (C=O) groups excluding carboxylic acids is 1. The molecule has 0 radical (unpaired) electrons. The minimum absolute atomic E-state index is 0.127. The highest BCUT2D eigenvalue weighted by atomic mass is 19.1. The summed E-state index contributed by atoms with van der Waals surface area (Å²) in [5, 5.41) is 11.0. The Morgan fingerprint density at radius 2 is 1.94 bits per heavy atom. The quantitative estimate of drug-likeness (QED) is 0.455. The molecule has 10 heteroatoms. The lowest BCUT2D eigenvalue weighted by molar-refractivity contribution is -0.121. The minimum atomic E-state index is -0.373. The molecule has 2 aromatic carbocycles. The summed E-state index contributed by atoms with van der Waals surface area (Å²) in [6.45, 7) is 4.76. The van der Waals surface area contributed by atoms with E-state index in [-0.39, 0.29) is 42.4 Å². The van der Waals surface area contributed by atoms with Crippen molar-refractivity contribution in [2.24, 2.45) is 0 Å². The summed E-state index contributed by atoms with van der Waals surface area (Å²) in [7, 11) is 0. The Morgan fingerprint density at radius 3 is 2.69 bits per heavy atom. The van der Waals surface area contributed by atoms with E-state index in [0.29, 0.717) is 23.7 Å². The van der Waals surface area contributed by atoms with Gasteiger partial charge in [0.15, 0.2) is 5.82 Å². The van der Waals surface area contributed by atoms with E-state index in [2.05, 4.69) is 25.4 Å². The number of hydrogen-bond donors (Lipinski definition) is 2. The number of morpholine rings is 1. The Balaban J connectivity index is 1.25. The number of nitrogens with one attached hydrogen (secondary N) is 2. The number of amides is 1. The summed E-state index contributed by atoms with van der Waals surface area (Å²) in [6, 6.07) is 13.2. The van der Waals surface area contributed by atoms with Crippen LogP contribution in [0.2, 0.25) is 0 Å². The molecule has 0 atom stereocenters. The highest BCUT2D eigenvalue weighted by molar-refractivity contribution is 5.76. The van der Waals surface area contributed by atoms with E-state index in [9.17, 15) is 14.0 Å². The summed E-state index contributed by atoms with van der Waals surface area (Å²) in [4.78, 5) is 29.5. The van der Waals surface area contributed by atoms with E-state index in [1.54, 1.807) is 36.4 Å². The molecule has 1 aliphatic rings. The van der Waals surface area contributed by atoms with Crippen molar-refractivity contribution in [3.8, 4) is 17.1 Å². The molecule has 184 valence electrons. The van der Waals surface area contributed by atoms with Gasteiger partial charge in [0, 0.05) is 44.6 Å². The topological polar surface area (TPSA) is 109 Å². The third-order valence-corrected chi connectivity index (χ3v) is 5.63. The molecule has 35 heavy (non-hydrogen) atoms. The second-order valence-corrected chi connectivity index (χ2v) is 8.20. The molecule has 0 bridgehead atoms. The number of nitrogens with zero attached hydrogens (tertiary/aromatic N) is 3. The number of aromatic nitrogens is 3. The zero-order valence-corrected chi connectivity index (χ0v) is 19.3. The van der Waals surface area contributed by atoms with Gasteiger partial charge in [-0.3, -0.25) is 14.5 Å². The summed E-state index contributed by atoms with van der Waals surface area (Å²) in [6.07, 6.45) is 0.371. The van der Waals surface area contributed by atoms with Gasteiger partial charge in [-0.25, -0.2) is 4.39 Å².